The van der Waals surface area contributed by atoms with Crippen LogP contribution in [0.3, 0.4) is 0 Å². The van der Waals surface area contributed by atoms with Crippen molar-refractivity contribution in [2.45, 2.75) is 58.6 Å². The zero-order chi connectivity index (χ0) is 27.4. The molecule has 0 heterocycles. The van der Waals surface area contributed by atoms with Gasteiger partial charge in [0.1, 0.15) is 11.6 Å². The van der Waals surface area contributed by atoms with Gasteiger partial charge >= 0.3 is 18.0 Å². The van der Waals surface area contributed by atoms with E-state index in [1.165, 1.54) is 12.0 Å². The van der Waals surface area contributed by atoms with Crippen molar-refractivity contribution in [1.29, 1.82) is 0 Å². The minimum atomic E-state index is -0.887. The molecule has 0 bridgehead atoms. The number of urea groups is 1. The van der Waals surface area contributed by atoms with E-state index in [1.54, 1.807) is 20.8 Å². The molecule has 0 unspecified atom stereocenters. The van der Waals surface area contributed by atoms with Crippen LogP contribution in [0.2, 0.25) is 0 Å². The lowest BCUT2D eigenvalue weighted by atomic mass is 10.0. The van der Waals surface area contributed by atoms with Gasteiger partial charge in [-0.1, -0.05) is 67.9 Å². The monoisotopic (exact) mass is 511 g/mol. The molecule has 2 amide bonds. The van der Waals surface area contributed by atoms with Gasteiger partial charge in [-0.05, 0) is 43.9 Å². The molecule has 0 aromatic heterocycles. The number of nitrogens with one attached hydrogen (secondary N) is 1. The van der Waals surface area contributed by atoms with Crippen LogP contribution >= 0.6 is 0 Å². The van der Waals surface area contributed by atoms with Crippen LogP contribution in [0.5, 0.6) is 0 Å². The molecule has 37 heavy (non-hydrogen) atoms. The van der Waals surface area contributed by atoms with E-state index in [2.05, 4.69) is 5.32 Å². The Kier molecular flexibility index (Phi) is 11.6. The average Bonchev–Trinajstić information content (AvgIpc) is 2.87. The van der Waals surface area contributed by atoms with Gasteiger partial charge in [0.05, 0.1) is 13.0 Å². The molecular formula is C29H41N3O5. The number of rotatable bonds is 12. The molecule has 0 saturated heterocycles. The molecule has 8 nitrogen and oxygen atoms in total. The first-order valence-electron chi connectivity index (χ1n) is 12.8. The highest BCUT2D eigenvalue weighted by Gasteiger charge is 2.30. The molecule has 2 atom stereocenters. The molecule has 0 fully saturated rings. The topological polar surface area (TPSA) is 111 Å². The van der Waals surface area contributed by atoms with Crippen molar-refractivity contribution in [3.05, 3.63) is 60.2 Å². The Bertz CT molecular complexity index is 1000. The number of hydrogen-bond donors (Lipinski definition) is 2. The zero-order valence-corrected chi connectivity index (χ0v) is 22.7. The lowest BCUT2D eigenvalue weighted by Gasteiger charge is -2.30. The van der Waals surface area contributed by atoms with E-state index < -0.39 is 35.5 Å². The maximum absolute atomic E-state index is 13.3. The van der Waals surface area contributed by atoms with E-state index >= 15 is 0 Å². The van der Waals surface area contributed by atoms with Crippen molar-refractivity contribution in [3.8, 4) is 11.1 Å². The fraction of sp³-hybridized carbons (Fsp3) is 0.483. The molecule has 0 aliphatic rings. The Balaban J connectivity index is 2.15. The Morgan fingerprint density at radius 2 is 1.59 bits per heavy atom. The van der Waals surface area contributed by atoms with Gasteiger partial charge in [-0.15, -0.1) is 0 Å². The number of carbonyl (C=O) groups is 3. The molecule has 0 aliphatic heterocycles. The minimum Gasteiger partial charge on any atom is -0.467 e. The Morgan fingerprint density at radius 1 is 0.973 bits per heavy atom. The maximum atomic E-state index is 13.3. The van der Waals surface area contributed by atoms with Crippen LogP contribution in [0.4, 0.5) is 4.79 Å². The first-order chi connectivity index (χ1) is 17.6. The quantitative estimate of drug-likeness (QED) is 0.414. The molecule has 2 aromatic carbocycles. The van der Waals surface area contributed by atoms with E-state index in [1.807, 2.05) is 61.5 Å². The van der Waals surface area contributed by atoms with Crippen LogP contribution in [-0.2, 0) is 25.5 Å². The van der Waals surface area contributed by atoms with Gasteiger partial charge in [-0.25, -0.2) is 9.59 Å². The van der Waals surface area contributed by atoms with Crippen molar-refractivity contribution in [3.63, 3.8) is 0 Å². The number of carbonyl (C=O) groups excluding carboxylic acids is 3. The second kappa shape index (κ2) is 14.4. The molecule has 2 aromatic rings. The molecule has 3 N–H and O–H groups in total. The van der Waals surface area contributed by atoms with Crippen molar-refractivity contribution < 1.29 is 23.9 Å². The summed E-state index contributed by atoms with van der Waals surface area (Å²) in [6.07, 6.45) is 1.86. The molecule has 2 rings (SSSR count). The second-order valence-corrected chi connectivity index (χ2v) is 10.1. The van der Waals surface area contributed by atoms with Crippen molar-refractivity contribution in [2.24, 2.45) is 11.7 Å². The summed E-state index contributed by atoms with van der Waals surface area (Å²) in [5.74, 6) is -1.67. The predicted molar refractivity (Wildman–Crippen MR) is 145 cm³/mol. The summed E-state index contributed by atoms with van der Waals surface area (Å²) in [5.41, 5.74) is 8.24. The van der Waals surface area contributed by atoms with Crippen LogP contribution in [-0.4, -0.2) is 61.3 Å². The SMILES string of the molecule is CCCCN(C[C@H](CN)C(=O)OC(C)(C)C)C(=O)N[C@@H](Cc1ccc(-c2ccccc2)cc1)C(=O)OC. The van der Waals surface area contributed by atoms with Crippen molar-refractivity contribution >= 4 is 18.0 Å². The van der Waals surface area contributed by atoms with Gasteiger partial charge in [0.15, 0.2) is 0 Å². The van der Waals surface area contributed by atoms with Crippen LogP contribution in [0.15, 0.2) is 54.6 Å². The summed E-state index contributed by atoms with van der Waals surface area (Å²) in [4.78, 5) is 40.0. The fourth-order valence-electron chi connectivity index (χ4n) is 3.80. The summed E-state index contributed by atoms with van der Waals surface area (Å²) in [6.45, 7) is 7.92. The second-order valence-electron chi connectivity index (χ2n) is 10.1. The van der Waals surface area contributed by atoms with Gasteiger partial charge in [0, 0.05) is 26.1 Å². The maximum Gasteiger partial charge on any atom is 0.328 e. The van der Waals surface area contributed by atoms with Crippen LogP contribution in [0.25, 0.3) is 11.1 Å². The first kappa shape index (κ1) is 29.8. The number of nitrogens with two attached hydrogens (primary N) is 1. The smallest absolute Gasteiger partial charge is 0.328 e. The molecular weight excluding hydrogens is 470 g/mol. The predicted octanol–water partition coefficient (Wildman–Crippen LogP) is 4.17. The highest BCUT2D eigenvalue weighted by molar-refractivity contribution is 5.84. The molecule has 202 valence electrons. The number of ether oxygens (including phenoxy) is 2. The number of esters is 2. The fourth-order valence-corrected chi connectivity index (χ4v) is 3.80. The lowest BCUT2D eigenvalue weighted by Crippen LogP contribution is -2.52. The third-order valence-electron chi connectivity index (χ3n) is 5.82. The minimum absolute atomic E-state index is 0.0407. The standard InChI is InChI=1S/C29H41N3O5/c1-6-7-17-32(20-24(19-30)26(33)37-29(2,3)4)28(35)31-25(27(34)36-5)18-21-13-15-23(16-14-21)22-11-9-8-10-12-22/h8-16,24-25H,6-7,17-20,30H2,1-5H3,(H,31,35)/t24-,25-/m0/s1. The molecule has 8 heteroatoms. The summed E-state index contributed by atoms with van der Waals surface area (Å²) in [6, 6.07) is 16.5. The number of benzene rings is 2. The van der Waals surface area contributed by atoms with Crippen LogP contribution < -0.4 is 11.1 Å². The van der Waals surface area contributed by atoms with E-state index in [9.17, 15) is 14.4 Å². The van der Waals surface area contributed by atoms with Gasteiger partial charge < -0.3 is 25.4 Å². The summed E-state index contributed by atoms with van der Waals surface area (Å²) < 4.78 is 10.5. The number of amides is 2. The van der Waals surface area contributed by atoms with E-state index in [0.717, 1.165) is 29.5 Å². The number of nitrogens with zero attached hydrogens (tertiary/aromatic N) is 1. The summed E-state index contributed by atoms with van der Waals surface area (Å²) >= 11 is 0. The number of hydrogen-bond acceptors (Lipinski definition) is 6. The Morgan fingerprint density at radius 3 is 2.14 bits per heavy atom. The van der Waals surface area contributed by atoms with Gasteiger partial charge in [-0.3, -0.25) is 4.79 Å². The Labute approximate surface area is 220 Å². The molecule has 0 spiro atoms. The van der Waals surface area contributed by atoms with Gasteiger partial charge in [0.25, 0.3) is 0 Å². The van der Waals surface area contributed by atoms with Crippen LogP contribution in [0.1, 0.15) is 46.1 Å². The normalized spacial score (nSPS) is 12.8. The molecule has 0 saturated carbocycles. The Hall–Kier alpha value is -3.39. The van der Waals surface area contributed by atoms with Gasteiger partial charge in [-0.2, -0.15) is 0 Å². The zero-order valence-electron chi connectivity index (χ0n) is 22.7. The summed E-state index contributed by atoms with van der Waals surface area (Å²) in [5, 5.41) is 2.81. The average molecular weight is 512 g/mol. The van der Waals surface area contributed by atoms with E-state index in [0.29, 0.717) is 6.54 Å². The summed E-state index contributed by atoms with van der Waals surface area (Å²) in [7, 11) is 1.29. The third kappa shape index (κ3) is 9.88. The van der Waals surface area contributed by atoms with E-state index in [4.69, 9.17) is 15.2 Å². The van der Waals surface area contributed by atoms with E-state index in [-0.39, 0.29) is 19.5 Å². The number of methoxy groups -OCH3 is 1. The third-order valence-corrected chi connectivity index (χ3v) is 5.82. The molecule has 0 aliphatic carbocycles. The largest absolute Gasteiger partial charge is 0.467 e. The highest BCUT2D eigenvalue weighted by Crippen LogP contribution is 2.20. The lowest BCUT2D eigenvalue weighted by molar-refractivity contribution is -0.160. The molecule has 0 radical (unpaired) electrons. The highest BCUT2D eigenvalue weighted by atomic mass is 16.6. The van der Waals surface area contributed by atoms with Gasteiger partial charge in [0.2, 0.25) is 0 Å². The first-order valence-corrected chi connectivity index (χ1v) is 12.8. The van der Waals surface area contributed by atoms with Crippen molar-refractivity contribution in [2.75, 3.05) is 26.7 Å². The number of unbranched alkanes of at least 4 members (excludes halogenated alkanes) is 1. The van der Waals surface area contributed by atoms with Crippen LogP contribution in [0, 0.1) is 5.92 Å². The van der Waals surface area contributed by atoms with Crippen molar-refractivity contribution in [1.82, 2.24) is 10.2 Å².